The number of benzene rings is 1. The maximum atomic E-state index is 13.4. The third kappa shape index (κ3) is 4.60. The first-order valence-electron chi connectivity index (χ1n) is 5.33. The summed E-state index contributed by atoms with van der Waals surface area (Å²) in [6, 6.07) is 4.21. The molecule has 1 rings (SSSR count). The molecule has 0 saturated heterocycles. The summed E-state index contributed by atoms with van der Waals surface area (Å²) in [5.74, 6) is -0.803. The van der Waals surface area contributed by atoms with Crippen LogP contribution in [0.4, 0.5) is 4.39 Å². The van der Waals surface area contributed by atoms with E-state index in [0.29, 0.717) is 10.6 Å². The van der Waals surface area contributed by atoms with Gasteiger partial charge >= 0.3 is 0 Å². The van der Waals surface area contributed by atoms with Gasteiger partial charge in [0.05, 0.1) is 13.0 Å². The van der Waals surface area contributed by atoms with E-state index in [9.17, 15) is 9.18 Å². The van der Waals surface area contributed by atoms with Gasteiger partial charge in [-0.2, -0.15) is 0 Å². The molecule has 0 aliphatic rings. The Labute approximate surface area is 110 Å². The van der Waals surface area contributed by atoms with Gasteiger partial charge in [-0.15, -0.1) is 0 Å². The standard InChI is InChI=1S/C12H15ClFNO3/c1-17-12(18-2)7-15-11(16)5-8-3-4-9(13)6-10(8)14/h3-4,6,12H,5,7H2,1-2H3,(H,15,16). The molecule has 0 aliphatic heterocycles. The minimum Gasteiger partial charge on any atom is -0.354 e. The van der Waals surface area contributed by atoms with E-state index in [1.54, 1.807) is 6.07 Å². The van der Waals surface area contributed by atoms with Crippen LogP contribution in [0.3, 0.4) is 0 Å². The molecule has 0 bridgehead atoms. The van der Waals surface area contributed by atoms with Crippen LogP contribution in [-0.2, 0) is 20.7 Å². The Morgan fingerprint density at radius 2 is 2.11 bits per heavy atom. The zero-order chi connectivity index (χ0) is 13.5. The Bertz CT molecular complexity index is 410. The van der Waals surface area contributed by atoms with Crippen molar-refractivity contribution in [3.8, 4) is 0 Å². The van der Waals surface area contributed by atoms with Gasteiger partial charge in [0, 0.05) is 19.2 Å². The van der Waals surface area contributed by atoms with E-state index in [0.717, 1.165) is 0 Å². The molecule has 1 aromatic rings. The van der Waals surface area contributed by atoms with E-state index >= 15 is 0 Å². The van der Waals surface area contributed by atoms with Gasteiger partial charge in [0.25, 0.3) is 0 Å². The summed E-state index contributed by atoms with van der Waals surface area (Å²) in [5.41, 5.74) is 0.295. The predicted molar refractivity (Wildman–Crippen MR) is 65.9 cm³/mol. The molecule has 1 amide bonds. The predicted octanol–water partition coefficient (Wildman–Crippen LogP) is 1.76. The minimum atomic E-state index is -0.510. The van der Waals surface area contributed by atoms with Crippen LogP contribution in [0, 0.1) is 5.82 Å². The van der Waals surface area contributed by atoms with Crippen LogP contribution >= 0.6 is 11.6 Å². The lowest BCUT2D eigenvalue weighted by molar-refractivity contribution is -0.126. The number of methoxy groups -OCH3 is 2. The molecule has 0 heterocycles. The van der Waals surface area contributed by atoms with Crippen LogP contribution in [0.15, 0.2) is 18.2 Å². The van der Waals surface area contributed by atoms with Gasteiger partial charge in [0.2, 0.25) is 5.91 Å². The van der Waals surface area contributed by atoms with Gasteiger partial charge in [-0.3, -0.25) is 4.79 Å². The third-order valence-electron chi connectivity index (χ3n) is 2.36. The van der Waals surface area contributed by atoms with E-state index < -0.39 is 12.1 Å². The van der Waals surface area contributed by atoms with Crippen LogP contribution in [0.1, 0.15) is 5.56 Å². The number of rotatable bonds is 6. The monoisotopic (exact) mass is 275 g/mol. The van der Waals surface area contributed by atoms with Crippen molar-refractivity contribution >= 4 is 17.5 Å². The normalized spacial score (nSPS) is 10.7. The summed E-state index contributed by atoms with van der Waals surface area (Å²) in [5, 5.41) is 2.89. The highest BCUT2D eigenvalue weighted by molar-refractivity contribution is 6.30. The lowest BCUT2D eigenvalue weighted by Gasteiger charge is -2.14. The SMILES string of the molecule is COC(CNC(=O)Cc1ccc(Cl)cc1F)OC. The average Bonchev–Trinajstić information content (AvgIpc) is 2.34. The smallest absolute Gasteiger partial charge is 0.224 e. The third-order valence-corrected chi connectivity index (χ3v) is 2.59. The number of hydrogen-bond acceptors (Lipinski definition) is 3. The number of carbonyl (C=O) groups is 1. The lowest BCUT2D eigenvalue weighted by Crippen LogP contribution is -2.35. The second-order valence-electron chi connectivity index (χ2n) is 3.62. The highest BCUT2D eigenvalue weighted by Gasteiger charge is 2.11. The number of ether oxygens (including phenoxy) is 2. The molecule has 0 aromatic heterocycles. The maximum Gasteiger partial charge on any atom is 0.224 e. The second kappa shape index (κ2) is 7.31. The quantitative estimate of drug-likeness (QED) is 0.805. The Balaban J connectivity index is 2.49. The molecule has 0 fully saturated rings. The van der Waals surface area contributed by atoms with Crippen molar-refractivity contribution in [1.82, 2.24) is 5.32 Å². The van der Waals surface area contributed by atoms with Crippen molar-refractivity contribution in [3.05, 3.63) is 34.6 Å². The van der Waals surface area contributed by atoms with Crippen LogP contribution in [0.5, 0.6) is 0 Å². The number of hydrogen-bond donors (Lipinski definition) is 1. The van der Waals surface area contributed by atoms with E-state index in [4.69, 9.17) is 21.1 Å². The fourth-order valence-corrected chi connectivity index (χ4v) is 1.52. The topological polar surface area (TPSA) is 47.6 Å². The van der Waals surface area contributed by atoms with Crippen molar-refractivity contribution in [2.45, 2.75) is 12.7 Å². The number of nitrogens with one attached hydrogen (secondary N) is 1. The van der Waals surface area contributed by atoms with Crippen molar-refractivity contribution in [2.24, 2.45) is 0 Å². The number of amides is 1. The van der Waals surface area contributed by atoms with Crippen molar-refractivity contribution < 1.29 is 18.7 Å². The van der Waals surface area contributed by atoms with Crippen molar-refractivity contribution in [2.75, 3.05) is 20.8 Å². The first-order valence-corrected chi connectivity index (χ1v) is 5.70. The van der Waals surface area contributed by atoms with Crippen LogP contribution < -0.4 is 5.32 Å². The van der Waals surface area contributed by atoms with Gasteiger partial charge < -0.3 is 14.8 Å². The fraction of sp³-hybridized carbons (Fsp3) is 0.417. The zero-order valence-corrected chi connectivity index (χ0v) is 11.0. The Morgan fingerprint density at radius 1 is 1.44 bits per heavy atom. The van der Waals surface area contributed by atoms with Gasteiger partial charge in [-0.05, 0) is 17.7 Å². The molecule has 6 heteroatoms. The molecule has 18 heavy (non-hydrogen) atoms. The summed E-state index contributed by atoms with van der Waals surface area (Å²) in [4.78, 5) is 11.6. The summed E-state index contributed by atoms with van der Waals surface area (Å²) in [6.45, 7) is 0.209. The van der Waals surface area contributed by atoms with Gasteiger partial charge in [-0.1, -0.05) is 17.7 Å². The number of halogens is 2. The van der Waals surface area contributed by atoms with Crippen LogP contribution in [-0.4, -0.2) is 33.0 Å². The molecule has 1 N–H and O–H groups in total. The summed E-state index contributed by atoms with van der Waals surface area (Å²) < 4.78 is 23.3. The Morgan fingerprint density at radius 3 is 2.67 bits per heavy atom. The van der Waals surface area contributed by atoms with Crippen molar-refractivity contribution in [3.63, 3.8) is 0 Å². The molecule has 0 spiro atoms. The van der Waals surface area contributed by atoms with Crippen LogP contribution in [0.2, 0.25) is 5.02 Å². The lowest BCUT2D eigenvalue weighted by atomic mass is 10.1. The van der Waals surface area contributed by atoms with Crippen molar-refractivity contribution in [1.29, 1.82) is 0 Å². The number of carbonyl (C=O) groups excluding carboxylic acids is 1. The zero-order valence-electron chi connectivity index (χ0n) is 10.2. The van der Waals surface area contributed by atoms with E-state index in [-0.39, 0.29) is 18.9 Å². The highest BCUT2D eigenvalue weighted by atomic mass is 35.5. The molecule has 0 radical (unpaired) electrons. The molecule has 0 aliphatic carbocycles. The summed E-state index contributed by atoms with van der Waals surface area (Å²) in [6.07, 6.45) is -0.563. The Hall–Kier alpha value is -1.17. The molecule has 0 unspecified atom stereocenters. The van der Waals surface area contributed by atoms with Gasteiger partial charge in [0.1, 0.15) is 5.82 Å². The maximum absolute atomic E-state index is 13.4. The van der Waals surface area contributed by atoms with E-state index in [1.807, 2.05) is 0 Å². The molecule has 100 valence electrons. The minimum absolute atomic E-state index is 0.0524. The average molecular weight is 276 g/mol. The van der Waals surface area contributed by atoms with Crippen LogP contribution in [0.25, 0.3) is 0 Å². The molecular weight excluding hydrogens is 261 g/mol. The van der Waals surface area contributed by atoms with Gasteiger partial charge in [-0.25, -0.2) is 4.39 Å². The second-order valence-corrected chi connectivity index (χ2v) is 4.05. The molecule has 1 aromatic carbocycles. The molecule has 0 atom stereocenters. The molecule has 0 saturated carbocycles. The first kappa shape index (κ1) is 14.9. The fourth-order valence-electron chi connectivity index (χ4n) is 1.36. The summed E-state index contributed by atoms with van der Waals surface area (Å²) >= 11 is 5.62. The van der Waals surface area contributed by atoms with E-state index in [1.165, 1.54) is 26.4 Å². The van der Waals surface area contributed by atoms with Gasteiger partial charge in [0.15, 0.2) is 6.29 Å². The Kier molecular flexibility index (Phi) is 6.04. The van der Waals surface area contributed by atoms with E-state index in [2.05, 4.69) is 5.32 Å². The molecular formula is C12H15ClFNO3. The highest BCUT2D eigenvalue weighted by Crippen LogP contribution is 2.14. The molecule has 4 nitrogen and oxygen atoms in total. The first-order chi connectivity index (χ1) is 8.56. The largest absolute Gasteiger partial charge is 0.354 e. The summed E-state index contributed by atoms with van der Waals surface area (Å²) in [7, 11) is 2.94.